The summed E-state index contributed by atoms with van der Waals surface area (Å²) < 4.78 is 1.73. The minimum absolute atomic E-state index is 0.0265. The highest BCUT2D eigenvalue weighted by Crippen LogP contribution is 2.50. The van der Waals surface area contributed by atoms with E-state index < -0.39 is 0 Å². The molecule has 2 aromatic carbocycles. The summed E-state index contributed by atoms with van der Waals surface area (Å²) in [6, 6.07) is 14.0. The molecule has 35 heavy (non-hydrogen) atoms. The molecule has 3 aromatic rings. The average Bonchev–Trinajstić information content (AvgIpc) is 3.24. The number of carbonyl (C=O) groups excluding carboxylic acids is 1. The zero-order valence-corrected chi connectivity index (χ0v) is 22.1. The fraction of sp³-hybridized carbons (Fsp3) is 0.393. The standard InChI is InChI=1S/C28H31N3O2S2/c1-4-19-12-14-20(15-13-19)31-27(33)25-21-9-5-6-11-23(21)35-26(25)30-28(31)34-16-24(32)29-22-10-7-8-17(2)18(22)3/h7-8,10,12-15,21,23H,4-6,9,11,16H2,1-3H3,(H,29,32)/t21-,23+/m1/s1. The number of thioether (sulfide) groups is 2. The maximum atomic E-state index is 13.9. The van der Waals surface area contributed by atoms with Gasteiger partial charge in [0.1, 0.15) is 5.03 Å². The van der Waals surface area contributed by atoms with E-state index in [1.807, 2.05) is 44.2 Å². The van der Waals surface area contributed by atoms with Crippen molar-refractivity contribution in [3.8, 4) is 5.69 Å². The van der Waals surface area contributed by atoms with Gasteiger partial charge < -0.3 is 5.32 Å². The molecule has 0 radical (unpaired) electrons. The quantitative estimate of drug-likeness (QED) is 0.243. The van der Waals surface area contributed by atoms with Crippen LogP contribution >= 0.6 is 23.5 Å². The van der Waals surface area contributed by atoms with Gasteiger partial charge in [-0.3, -0.25) is 14.2 Å². The maximum Gasteiger partial charge on any atom is 0.263 e. The molecular formula is C28H31N3O2S2. The van der Waals surface area contributed by atoms with Gasteiger partial charge in [-0.05, 0) is 68.0 Å². The van der Waals surface area contributed by atoms with E-state index >= 15 is 0 Å². The number of aryl methyl sites for hydroxylation is 2. The van der Waals surface area contributed by atoms with Gasteiger partial charge in [0.2, 0.25) is 5.91 Å². The number of hydrogen-bond acceptors (Lipinski definition) is 5. The third-order valence-corrected chi connectivity index (χ3v) is 9.54. The number of aromatic nitrogens is 2. The highest BCUT2D eigenvalue weighted by Gasteiger charge is 2.39. The highest BCUT2D eigenvalue weighted by molar-refractivity contribution is 8.00. The molecule has 1 fully saturated rings. The third-order valence-electron chi connectivity index (χ3n) is 7.20. The molecule has 7 heteroatoms. The van der Waals surface area contributed by atoms with Gasteiger partial charge in [0.15, 0.2) is 5.16 Å². The Hall–Kier alpha value is -2.51. The molecule has 2 atom stereocenters. The van der Waals surface area contributed by atoms with Gasteiger partial charge in [-0.15, -0.1) is 11.8 Å². The zero-order chi connectivity index (χ0) is 24.5. The lowest BCUT2D eigenvalue weighted by Crippen LogP contribution is -2.29. The number of amides is 1. The summed E-state index contributed by atoms with van der Waals surface area (Å²) in [4.78, 5) is 31.7. The normalized spacial score (nSPS) is 18.7. The number of fused-ring (bicyclic) bond motifs is 3. The lowest BCUT2D eigenvalue weighted by molar-refractivity contribution is -0.113. The molecular weight excluding hydrogens is 474 g/mol. The lowest BCUT2D eigenvalue weighted by Gasteiger charge is -2.24. The van der Waals surface area contributed by atoms with E-state index in [0.29, 0.717) is 10.4 Å². The maximum absolute atomic E-state index is 13.9. The average molecular weight is 506 g/mol. The van der Waals surface area contributed by atoms with Crippen molar-refractivity contribution in [3.05, 3.63) is 75.1 Å². The summed E-state index contributed by atoms with van der Waals surface area (Å²) in [5.74, 6) is 0.368. The second-order valence-electron chi connectivity index (χ2n) is 9.41. The summed E-state index contributed by atoms with van der Waals surface area (Å²) in [5.41, 5.74) is 5.96. The Kier molecular flexibility index (Phi) is 7.07. The fourth-order valence-corrected chi connectivity index (χ4v) is 7.40. The molecule has 1 aliphatic carbocycles. The molecule has 182 valence electrons. The second kappa shape index (κ2) is 10.2. The number of hydrogen-bond donors (Lipinski definition) is 1. The Morgan fingerprint density at radius 2 is 1.91 bits per heavy atom. The number of benzene rings is 2. The predicted molar refractivity (Wildman–Crippen MR) is 145 cm³/mol. The first-order valence-electron chi connectivity index (χ1n) is 12.4. The predicted octanol–water partition coefficient (Wildman–Crippen LogP) is 6.27. The van der Waals surface area contributed by atoms with Crippen LogP contribution in [-0.2, 0) is 11.2 Å². The minimum atomic E-state index is -0.104. The molecule has 2 aliphatic rings. The topological polar surface area (TPSA) is 64.0 Å². The van der Waals surface area contributed by atoms with Gasteiger partial charge in [-0.1, -0.05) is 55.8 Å². The van der Waals surface area contributed by atoms with Crippen LogP contribution in [0, 0.1) is 13.8 Å². The van der Waals surface area contributed by atoms with Gasteiger partial charge in [0, 0.05) is 16.9 Å². The van der Waals surface area contributed by atoms with Gasteiger partial charge >= 0.3 is 0 Å². The van der Waals surface area contributed by atoms with Crippen molar-refractivity contribution < 1.29 is 4.79 Å². The molecule has 2 heterocycles. The SMILES string of the molecule is CCc1ccc(-n2c(SCC(=O)Nc3cccc(C)c3C)nc3c(c2=O)[C@@H]2CCCC[C@@H]2S3)cc1. The number of carbonyl (C=O) groups is 1. The molecule has 0 saturated heterocycles. The van der Waals surface area contributed by atoms with Crippen molar-refractivity contribution in [2.75, 3.05) is 11.1 Å². The van der Waals surface area contributed by atoms with E-state index in [0.717, 1.165) is 52.4 Å². The lowest BCUT2D eigenvalue weighted by atomic mass is 9.85. The molecule has 1 saturated carbocycles. The van der Waals surface area contributed by atoms with Crippen molar-refractivity contribution in [1.82, 2.24) is 9.55 Å². The fourth-order valence-electron chi connectivity index (χ4n) is 5.02. The van der Waals surface area contributed by atoms with Crippen molar-refractivity contribution in [2.45, 2.75) is 74.2 Å². The summed E-state index contributed by atoms with van der Waals surface area (Å²) in [6.45, 7) is 6.16. The molecule has 0 unspecified atom stereocenters. The Labute approximate surface area is 215 Å². The smallest absolute Gasteiger partial charge is 0.263 e. The molecule has 1 aliphatic heterocycles. The first-order valence-corrected chi connectivity index (χ1v) is 14.2. The van der Waals surface area contributed by atoms with Crippen LogP contribution in [0.4, 0.5) is 5.69 Å². The van der Waals surface area contributed by atoms with Gasteiger partial charge in [-0.2, -0.15) is 0 Å². The van der Waals surface area contributed by atoms with Gasteiger partial charge in [0.25, 0.3) is 5.56 Å². The van der Waals surface area contributed by atoms with E-state index in [1.165, 1.54) is 30.2 Å². The van der Waals surface area contributed by atoms with Crippen LogP contribution in [0.3, 0.4) is 0 Å². The van der Waals surface area contributed by atoms with Gasteiger partial charge in [-0.25, -0.2) is 4.98 Å². The van der Waals surface area contributed by atoms with Crippen molar-refractivity contribution in [1.29, 1.82) is 0 Å². The van der Waals surface area contributed by atoms with Crippen LogP contribution in [0.1, 0.15) is 60.8 Å². The number of rotatable bonds is 6. The van der Waals surface area contributed by atoms with Crippen LogP contribution in [0.5, 0.6) is 0 Å². The highest BCUT2D eigenvalue weighted by atomic mass is 32.2. The molecule has 0 bridgehead atoms. The van der Waals surface area contributed by atoms with Crippen LogP contribution in [0.15, 0.2) is 57.4 Å². The van der Waals surface area contributed by atoms with E-state index in [-0.39, 0.29) is 23.1 Å². The van der Waals surface area contributed by atoms with Crippen LogP contribution < -0.4 is 10.9 Å². The summed E-state index contributed by atoms with van der Waals surface area (Å²) in [6.07, 6.45) is 5.52. The number of anilines is 1. The van der Waals surface area contributed by atoms with Crippen LogP contribution in [0.25, 0.3) is 5.69 Å². The molecule has 1 N–H and O–H groups in total. The largest absolute Gasteiger partial charge is 0.325 e. The molecule has 1 aromatic heterocycles. The summed E-state index contributed by atoms with van der Waals surface area (Å²) in [5, 5.41) is 4.92. The first kappa shape index (κ1) is 24.2. The zero-order valence-electron chi connectivity index (χ0n) is 20.5. The van der Waals surface area contributed by atoms with E-state index in [2.05, 4.69) is 24.4 Å². The molecule has 5 rings (SSSR count). The summed E-state index contributed by atoms with van der Waals surface area (Å²) in [7, 11) is 0. The van der Waals surface area contributed by atoms with Gasteiger partial charge in [0.05, 0.1) is 17.0 Å². The molecule has 1 amide bonds. The monoisotopic (exact) mass is 505 g/mol. The van der Waals surface area contributed by atoms with E-state index in [9.17, 15) is 9.59 Å². The summed E-state index contributed by atoms with van der Waals surface area (Å²) >= 11 is 3.09. The Bertz CT molecular complexity index is 1320. The Balaban J connectivity index is 1.47. The van der Waals surface area contributed by atoms with Crippen LogP contribution in [0.2, 0.25) is 0 Å². The molecule has 5 nitrogen and oxygen atoms in total. The van der Waals surface area contributed by atoms with Crippen molar-refractivity contribution in [2.24, 2.45) is 0 Å². The number of nitrogens with zero attached hydrogens (tertiary/aromatic N) is 2. The van der Waals surface area contributed by atoms with E-state index in [1.54, 1.807) is 16.3 Å². The van der Waals surface area contributed by atoms with Crippen LogP contribution in [-0.4, -0.2) is 26.5 Å². The first-order chi connectivity index (χ1) is 17.0. The Morgan fingerprint density at radius 1 is 1.14 bits per heavy atom. The third kappa shape index (κ3) is 4.81. The van der Waals surface area contributed by atoms with Crippen molar-refractivity contribution >= 4 is 35.1 Å². The Morgan fingerprint density at radius 3 is 2.69 bits per heavy atom. The minimum Gasteiger partial charge on any atom is -0.325 e. The number of nitrogens with one attached hydrogen (secondary N) is 1. The van der Waals surface area contributed by atoms with Crippen molar-refractivity contribution in [3.63, 3.8) is 0 Å². The second-order valence-corrected chi connectivity index (χ2v) is 11.6. The molecule has 0 spiro atoms. The van der Waals surface area contributed by atoms with E-state index in [4.69, 9.17) is 4.98 Å².